The molecule has 0 radical (unpaired) electrons. The van der Waals surface area contributed by atoms with Gasteiger partial charge in [0.25, 0.3) is 0 Å². The number of hydrogen-bond acceptors (Lipinski definition) is 2. The van der Waals surface area contributed by atoms with Gasteiger partial charge in [-0.1, -0.05) is 32.1 Å². The maximum atomic E-state index is 11.2. The third-order valence-corrected chi connectivity index (χ3v) is 4.02. The molecule has 0 aliphatic heterocycles. The minimum atomic E-state index is -1.05. The van der Waals surface area contributed by atoms with Gasteiger partial charge in [-0.25, -0.2) is 0 Å². The summed E-state index contributed by atoms with van der Waals surface area (Å²) in [6.07, 6.45) is 1.38. The van der Waals surface area contributed by atoms with E-state index in [4.69, 9.17) is 4.74 Å². The van der Waals surface area contributed by atoms with E-state index < -0.39 is 8.07 Å². The second-order valence-corrected chi connectivity index (χ2v) is 11.2. The molecule has 0 bridgehead atoms. The number of carbonyl (C=O) groups is 1. The first-order valence-electron chi connectivity index (χ1n) is 6.07. The van der Waals surface area contributed by atoms with Crippen LogP contribution < -0.4 is 0 Å². The number of carbonyl (C=O) groups excluding carboxylic acids is 1. The van der Waals surface area contributed by atoms with Gasteiger partial charge in [0.2, 0.25) is 0 Å². The Balaban J connectivity index is 4.17. The lowest BCUT2D eigenvalue weighted by Crippen LogP contribution is -2.20. The Morgan fingerprint density at radius 2 is 1.69 bits per heavy atom. The van der Waals surface area contributed by atoms with Crippen molar-refractivity contribution in [1.29, 1.82) is 0 Å². The predicted octanol–water partition coefficient (Wildman–Crippen LogP) is 4.00. The van der Waals surface area contributed by atoms with Crippen LogP contribution in [0.15, 0.2) is 11.1 Å². The van der Waals surface area contributed by atoms with Gasteiger partial charge in [-0.15, -0.1) is 0 Å². The Morgan fingerprint density at radius 1 is 1.12 bits per heavy atom. The number of allylic oxidation sites excluding steroid dienone is 1. The molecule has 0 aromatic heterocycles. The molecule has 0 fully saturated rings. The van der Waals surface area contributed by atoms with Crippen LogP contribution in [0.2, 0.25) is 25.7 Å². The highest BCUT2D eigenvalue weighted by Crippen LogP contribution is 2.18. The smallest absolute Gasteiger partial charge is 0.306 e. The Labute approximate surface area is 101 Å². The molecule has 16 heavy (non-hydrogen) atoms. The standard InChI is InChI=1S/C13H26O2Si/c1-7-8-13(14)15-9-11(2)12(3)10-16(4,5)6/h7-10H2,1-6H3/b12-11-. The molecule has 0 atom stereocenters. The van der Waals surface area contributed by atoms with Gasteiger partial charge < -0.3 is 4.74 Å². The first-order valence-corrected chi connectivity index (χ1v) is 9.78. The van der Waals surface area contributed by atoms with Crippen LogP contribution in [0.1, 0.15) is 33.6 Å². The van der Waals surface area contributed by atoms with E-state index in [-0.39, 0.29) is 5.97 Å². The largest absolute Gasteiger partial charge is 0.461 e. The lowest BCUT2D eigenvalue weighted by atomic mass is 10.2. The van der Waals surface area contributed by atoms with Crippen LogP contribution in [0.3, 0.4) is 0 Å². The SMILES string of the molecule is CCCC(=O)OC/C(C)=C(/C)C[Si](C)(C)C. The second kappa shape index (κ2) is 6.89. The van der Waals surface area contributed by atoms with E-state index in [0.717, 1.165) is 6.42 Å². The zero-order valence-corrected chi connectivity index (χ0v) is 12.6. The Hall–Kier alpha value is -0.573. The van der Waals surface area contributed by atoms with Crippen molar-refractivity contribution >= 4 is 14.0 Å². The molecule has 0 N–H and O–H groups in total. The van der Waals surface area contributed by atoms with Gasteiger partial charge in [0.1, 0.15) is 6.61 Å². The van der Waals surface area contributed by atoms with Gasteiger partial charge in [-0.2, -0.15) is 0 Å². The zero-order valence-electron chi connectivity index (χ0n) is 11.6. The van der Waals surface area contributed by atoms with Gasteiger partial charge >= 0.3 is 5.97 Å². The molecule has 3 heteroatoms. The molecular weight excluding hydrogens is 216 g/mol. The molecule has 0 saturated heterocycles. The fourth-order valence-electron chi connectivity index (χ4n) is 1.53. The van der Waals surface area contributed by atoms with Crippen molar-refractivity contribution in [2.45, 2.75) is 59.3 Å². The van der Waals surface area contributed by atoms with Crippen molar-refractivity contribution in [3.05, 3.63) is 11.1 Å². The van der Waals surface area contributed by atoms with Crippen LogP contribution in [-0.2, 0) is 9.53 Å². The lowest BCUT2D eigenvalue weighted by molar-refractivity contribution is -0.142. The van der Waals surface area contributed by atoms with Crippen molar-refractivity contribution in [1.82, 2.24) is 0 Å². The molecule has 0 amide bonds. The molecule has 0 spiro atoms. The average molecular weight is 242 g/mol. The summed E-state index contributed by atoms with van der Waals surface area (Å²) in [5.41, 5.74) is 2.61. The highest BCUT2D eigenvalue weighted by atomic mass is 28.3. The van der Waals surface area contributed by atoms with E-state index in [1.54, 1.807) is 0 Å². The summed E-state index contributed by atoms with van der Waals surface area (Å²) >= 11 is 0. The molecule has 0 aliphatic rings. The van der Waals surface area contributed by atoms with E-state index in [1.807, 2.05) is 6.92 Å². The van der Waals surface area contributed by atoms with Gasteiger partial charge in [-0.05, 0) is 31.9 Å². The molecule has 2 nitrogen and oxygen atoms in total. The van der Waals surface area contributed by atoms with Crippen LogP contribution in [0.4, 0.5) is 0 Å². The van der Waals surface area contributed by atoms with Crippen molar-refractivity contribution in [2.24, 2.45) is 0 Å². The van der Waals surface area contributed by atoms with E-state index >= 15 is 0 Å². The van der Waals surface area contributed by atoms with Crippen LogP contribution in [-0.4, -0.2) is 20.7 Å². The maximum absolute atomic E-state index is 11.2. The molecule has 0 aromatic carbocycles. The van der Waals surface area contributed by atoms with E-state index in [2.05, 4.69) is 33.5 Å². The molecule has 0 aliphatic carbocycles. The fourth-order valence-corrected chi connectivity index (χ4v) is 3.43. The summed E-state index contributed by atoms with van der Waals surface area (Å²) in [6.45, 7) is 13.7. The molecule has 0 heterocycles. The topological polar surface area (TPSA) is 26.3 Å². The summed E-state index contributed by atoms with van der Waals surface area (Å²) in [6, 6.07) is 1.18. The van der Waals surface area contributed by atoms with E-state index in [9.17, 15) is 4.79 Å². The fraction of sp³-hybridized carbons (Fsp3) is 0.769. The van der Waals surface area contributed by atoms with E-state index in [0.29, 0.717) is 13.0 Å². The highest BCUT2D eigenvalue weighted by molar-refractivity contribution is 6.76. The predicted molar refractivity (Wildman–Crippen MR) is 72.4 cm³/mol. The van der Waals surface area contributed by atoms with Crippen molar-refractivity contribution in [2.75, 3.05) is 6.61 Å². The van der Waals surface area contributed by atoms with Crippen molar-refractivity contribution in [3.8, 4) is 0 Å². The van der Waals surface area contributed by atoms with E-state index in [1.165, 1.54) is 17.2 Å². The van der Waals surface area contributed by atoms with Gasteiger partial charge in [0, 0.05) is 14.5 Å². The molecule has 0 saturated carbocycles. The Kier molecular flexibility index (Phi) is 6.64. The van der Waals surface area contributed by atoms with Gasteiger partial charge in [0.05, 0.1) is 0 Å². The second-order valence-electron chi connectivity index (χ2n) is 5.71. The summed E-state index contributed by atoms with van der Waals surface area (Å²) in [5, 5.41) is 0. The minimum Gasteiger partial charge on any atom is -0.461 e. The first kappa shape index (κ1) is 15.4. The number of hydrogen-bond donors (Lipinski definition) is 0. The number of rotatable bonds is 6. The van der Waals surface area contributed by atoms with Crippen LogP contribution in [0, 0.1) is 0 Å². The van der Waals surface area contributed by atoms with Gasteiger partial charge in [0.15, 0.2) is 0 Å². The molecule has 0 rings (SSSR count). The Bertz CT molecular complexity index is 262. The van der Waals surface area contributed by atoms with Crippen molar-refractivity contribution in [3.63, 3.8) is 0 Å². The van der Waals surface area contributed by atoms with Crippen LogP contribution in [0.5, 0.6) is 0 Å². The van der Waals surface area contributed by atoms with Crippen molar-refractivity contribution < 1.29 is 9.53 Å². The summed E-state index contributed by atoms with van der Waals surface area (Å²) < 4.78 is 5.20. The third kappa shape index (κ3) is 7.68. The third-order valence-electron chi connectivity index (χ3n) is 2.43. The number of esters is 1. The van der Waals surface area contributed by atoms with Crippen LogP contribution >= 0.6 is 0 Å². The molecule has 0 unspecified atom stereocenters. The quantitative estimate of drug-likeness (QED) is 0.400. The molecule has 94 valence electrons. The summed E-state index contributed by atoms with van der Waals surface area (Å²) in [5.74, 6) is -0.0809. The minimum absolute atomic E-state index is 0.0809. The van der Waals surface area contributed by atoms with Gasteiger partial charge in [-0.3, -0.25) is 4.79 Å². The Morgan fingerprint density at radius 3 is 2.12 bits per heavy atom. The molecule has 0 aromatic rings. The highest BCUT2D eigenvalue weighted by Gasteiger charge is 2.14. The lowest BCUT2D eigenvalue weighted by Gasteiger charge is -2.18. The maximum Gasteiger partial charge on any atom is 0.306 e. The number of ether oxygens (including phenoxy) is 1. The monoisotopic (exact) mass is 242 g/mol. The molecular formula is C13H26O2Si. The summed E-state index contributed by atoms with van der Waals surface area (Å²) in [7, 11) is -1.05. The van der Waals surface area contributed by atoms with Crippen LogP contribution in [0.25, 0.3) is 0 Å². The average Bonchev–Trinajstić information content (AvgIpc) is 2.11. The zero-order chi connectivity index (χ0) is 12.8. The first-order chi connectivity index (χ1) is 7.26. The normalized spacial score (nSPS) is 13.4. The summed E-state index contributed by atoms with van der Waals surface area (Å²) in [4.78, 5) is 11.2.